The zero-order chi connectivity index (χ0) is 17.0. The number of imide groups is 1. The van der Waals surface area contributed by atoms with Gasteiger partial charge >= 0.3 is 5.97 Å². The molecule has 122 valence electrons. The lowest BCUT2D eigenvalue weighted by Crippen LogP contribution is -2.38. The van der Waals surface area contributed by atoms with Gasteiger partial charge in [0.25, 0.3) is 0 Å². The zero-order valence-corrected chi connectivity index (χ0v) is 13.2. The summed E-state index contributed by atoms with van der Waals surface area (Å²) in [4.78, 5) is 50.3. The molecule has 1 aromatic rings. The second-order valence-corrected chi connectivity index (χ2v) is 5.25. The van der Waals surface area contributed by atoms with Crippen LogP contribution in [0.4, 0.5) is 0 Å². The van der Waals surface area contributed by atoms with Crippen LogP contribution in [-0.4, -0.2) is 41.6 Å². The lowest BCUT2D eigenvalue weighted by molar-refractivity contribution is -0.151. The van der Waals surface area contributed by atoms with E-state index in [1.807, 2.05) is 0 Å². The molecule has 1 aromatic carbocycles. The minimum Gasteiger partial charge on any atom is -0.465 e. The number of ether oxygens (including phenoxy) is 1. The minimum atomic E-state index is -1.29. The average molecular weight is 317 g/mol. The molecular formula is C17H19NO5. The van der Waals surface area contributed by atoms with Crippen molar-refractivity contribution in [2.24, 2.45) is 11.8 Å². The third-order valence-electron chi connectivity index (χ3n) is 3.88. The van der Waals surface area contributed by atoms with Crippen LogP contribution in [0.15, 0.2) is 30.3 Å². The van der Waals surface area contributed by atoms with Crippen LogP contribution in [0.2, 0.25) is 0 Å². The number of ketones is 1. The summed E-state index contributed by atoms with van der Waals surface area (Å²) in [5.74, 6) is -4.38. The molecule has 0 radical (unpaired) electrons. The van der Waals surface area contributed by atoms with Gasteiger partial charge in [-0.15, -0.1) is 0 Å². The minimum absolute atomic E-state index is 0.101. The fourth-order valence-electron chi connectivity index (χ4n) is 2.77. The largest absolute Gasteiger partial charge is 0.465 e. The Balaban J connectivity index is 2.36. The van der Waals surface area contributed by atoms with Crippen molar-refractivity contribution in [1.82, 2.24) is 4.90 Å². The number of carbonyl (C=O) groups excluding carboxylic acids is 4. The number of likely N-dealkylation sites (tertiary alicyclic amines) is 1. The van der Waals surface area contributed by atoms with Gasteiger partial charge in [0.2, 0.25) is 11.8 Å². The second kappa shape index (κ2) is 7.17. The number of hydrogen-bond acceptors (Lipinski definition) is 5. The summed E-state index contributed by atoms with van der Waals surface area (Å²) in [7, 11) is 0. The van der Waals surface area contributed by atoms with Crippen LogP contribution in [0.5, 0.6) is 0 Å². The van der Waals surface area contributed by atoms with Crippen LogP contribution in [0.25, 0.3) is 0 Å². The molecule has 0 aliphatic carbocycles. The van der Waals surface area contributed by atoms with Gasteiger partial charge < -0.3 is 4.74 Å². The predicted octanol–water partition coefficient (Wildman–Crippen LogP) is 1.44. The standard InChI is InChI=1S/C17H19NO5/c1-3-18-13(19)10-12(16(18)21)14(17(22)23-4-2)15(20)11-8-6-5-7-9-11/h5-9,12,14H,3-4,10H2,1-2H3. The van der Waals surface area contributed by atoms with Crippen molar-refractivity contribution in [3.8, 4) is 0 Å². The van der Waals surface area contributed by atoms with E-state index in [2.05, 4.69) is 0 Å². The summed E-state index contributed by atoms with van der Waals surface area (Å²) < 4.78 is 4.97. The van der Waals surface area contributed by atoms with Crippen molar-refractivity contribution < 1.29 is 23.9 Å². The maximum atomic E-state index is 12.7. The van der Waals surface area contributed by atoms with E-state index in [4.69, 9.17) is 4.74 Å². The Morgan fingerprint density at radius 1 is 1.22 bits per heavy atom. The molecule has 1 fully saturated rings. The van der Waals surface area contributed by atoms with Crippen molar-refractivity contribution >= 4 is 23.6 Å². The molecule has 6 heteroatoms. The molecule has 2 atom stereocenters. The number of Topliss-reactive ketones (excluding diaryl/α,β-unsaturated/α-hetero) is 1. The molecule has 1 saturated heterocycles. The van der Waals surface area contributed by atoms with E-state index in [-0.39, 0.29) is 25.5 Å². The second-order valence-electron chi connectivity index (χ2n) is 5.25. The maximum absolute atomic E-state index is 12.7. The number of carbonyl (C=O) groups is 4. The van der Waals surface area contributed by atoms with Gasteiger partial charge in [-0.05, 0) is 13.8 Å². The fourth-order valence-corrected chi connectivity index (χ4v) is 2.77. The first-order valence-corrected chi connectivity index (χ1v) is 7.61. The summed E-state index contributed by atoms with van der Waals surface area (Å²) in [6.45, 7) is 3.63. The van der Waals surface area contributed by atoms with Gasteiger partial charge in [0.1, 0.15) is 5.92 Å². The van der Waals surface area contributed by atoms with Crippen LogP contribution < -0.4 is 0 Å². The van der Waals surface area contributed by atoms with Gasteiger partial charge in [-0.3, -0.25) is 24.1 Å². The van der Waals surface area contributed by atoms with E-state index in [1.54, 1.807) is 44.2 Å². The Hall–Kier alpha value is -2.50. The Kier molecular flexibility index (Phi) is 5.26. The van der Waals surface area contributed by atoms with E-state index in [0.29, 0.717) is 5.56 Å². The number of nitrogens with zero attached hydrogens (tertiary/aromatic N) is 1. The molecule has 1 aliphatic rings. The SMILES string of the molecule is CCOC(=O)C(C(=O)c1ccccc1)C1CC(=O)N(CC)C1=O. The van der Waals surface area contributed by atoms with Crippen molar-refractivity contribution in [2.45, 2.75) is 20.3 Å². The lowest BCUT2D eigenvalue weighted by Gasteiger charge is -2.19. The molecule has 0 spiro atoms. The van der Waals surface area contributed by atoms with E-state index >= 15 is 0 Å². The van der Waals surface area contributed by atoms with E-state index < -0.39 is 29.5 Å². The number of hydrogen-bond donors (Lipinski definition) is 0. The van der Waals surface area contributed by atoms with E-state index in [0.717, 1.165) is 4.90 Å². The highest BCUT2D eigenvalue weighted by Gasteiger charge is 2.48. The zero-order valence-electron chi connectivity index (χ0n) is 13.2. The van der Waals surface area contributed by atoms with Gasteiger partial charge in [0.15, 0.2) is 5.78 Å². The predicted molar refractivity (Wildman–Crippen MR) is 81.4 cm³/mol. The molecule has 0 bridgehead atoms. The summed E-state index contributed by atoms with van der Waals surface area (Å²) in [5.41, 5.74) is 0.320. The average Bonchev–Trinajstić information content (AvgIpc) is 2.82. The van der Waals surface area contributed by atoms with Gasteiger partial charge in [0.05, 0.1) is 12.5 Å². The van der Waals surface area contributed by atoms with Crippen molar-refractivity contribution in [3.05, 3.63) is 35.9 Å². The first-order valence-electron chi connectivity index (χ1n) is 7.61. The quantitative estimate of drug-likeness (QED) is 0.343. The molecule has 6 nitrogen and oxygen atoms in total. The van der Waals surface area contributed by atoms with Gasteiger partial charge in [-0.2, -0.15) is 0 Å². The first kappa shape index (κ1) is 16.9. The monoisotopic (exact) mass is 317 g/mol. The van der Waals surface area contributed by atoms with E-state index in [1.165, 1.54) is 0 Å². The van der Waals surface area contributed by atoms with Crippen LogP contribution in [-0.2, 0) is 19.1 Å². The number of amides is 2. The first-order chi connectivity index (χ1) is 11.0. The Bertz CT molecular complexity index is 625. The number of rotatable bonds is 6. The number of benzene rings is 1. The third kappa shape index (κ3) is 3.31. The Labute approximate surface area is 134 Å². The van der Waals surface area contributed by atoms with Gasteiger partial charge in [0, 0.05) is 18.5 Å². The molecule has 2 amide bonds. The van der Waals surface area contributed by atoms with Crippen LogP contribution >= 0.6 is 0 Å². The van der Waals surface area contributed by atoms with Gasteiger partial charge in [-0.25, -0.2) is 0 Å². The molecule has 1 aliphatic heterocycles. The van der Waals surface area contributed by atoms with Crippen LogP contribution in [0.1, 0.15) is 30.6 Å². The summed E-state index contributed by atoms with van der Waals surface area (Å²) in [6, 6.07) is 8.25. The summed E-state index contributed by atoms with van der Waals surface area (Å²) in [5, 5.41) is 0. The normalized spacial score (nSPS) is 18.9. The van der Waals surface area contributed by atoms with Crippen LogP contribution in [0.3, 0.4) is 0 Å². The fraction of sp³-hybridized carbons (Fsp3) is 0.412. The highest BCUT2D eigenvalue weighted by atomic mass is 16.5. The highest BCUT2D eigenvalue weighted by Crippen LogP contribution is 2.30. The Morgan fingerprint density at radius 2 is 1.87 bits per heavy atom. The molecular weight excluding hydrogens is 298 g/mol. The Morgan fingerprint density at radius 3 is 2.39 bits per heavy atom. The van der Waals surface area contributed by atoms with Gasteiger partial charge in [-0.1, -0.05) is 30.3 Å². The maximum Gasteiger partial charge on any atom is 0.317 e. The third-order valence-corrected chi connectivity index (χ3v) is 3.88. The van der Waals surface area contributed by atoms with Crippen molar-refractivity contribution in [1.29, 1.82) is 0 Å². The molecule has 0 aromatic heterocycles. The smallest absolute Gasteiger partial charge is 0.317 e. The summed E-state index contributed by atoms with van der Waals surface area (Å²) in [6.07, 6.45) is -0.144. The molecule has 23 heavy (non-hydrogen) atoms. The summed E-state index contributed by atoms with van der Waals surface area (Å²) >= 11 is 0. The topological polar surface area (TPSA) is 80.8 Å². The van der Waals surface area contributed by atoms with Crippen molar-refractivity contribution in [3.63, 3.8) is 0 Å². The molecule has 2 unspecified atom stereocenters. The highest BCUT2D eigenvalue weighted by molar-refractivity contribution is 6.14. The number of esters is 1. The van der Waals surface area contributed by atoms with Crippen molar-refractivity contribution in [2.75, 3.05) is 13.2 Å². The molecule has 0 N–H and O–H groups in total. The van der Waals surface area contributed by atoms with Crippen LogP contribution in [0, 0.1) is 11.8 Å². The molecule has 1 heterocycles. The molecule has 2 rings (SSSR count). The molecule has 0 saturated carbocycles. The lowest BCUT2D eigenvalue weighted by atomic mass is 9.84. The van der Waals surface area contributed by atoms with E-state index in [9.17, 15) is 19.2 Å².